The Morgan fingerprint density at radius 1 is 1.07 bits per heavy atom. The number of carbonyl (C=O) groups is 2. The van der Waals surface area contributed by atoms with E-state index in [1.165, 1.54) is 4.90 Å². The fourth-order valence-corrected chi connectivity index (χ4v) is 4.29. The molecule has 0 spiro atoms. The Hall–Kier alpha value is -3.78. The van der Waals surface area contributed by atoms with Crippen molar-refractivity contribution >= 4 is 50.6 Å². The molecule has 8 heteroatoms. The van der Waals surface area contributed by atoms with E-state index in [1.807, 2.05) is 42.5 Å². The van der Waals surface area contributed by atoms with Crippen molar-refractivity contribution in [3.05, 3.63) is 65.8 Å². The second kappa shape index (κ2) is 6.14. The number of amides is 2. The molecule has 7 nitrogen and oxygen atoms in total. The lowest BCUT2D eigenvalue weighted by Gasteiger charge is -2.28. The van der Waals surface area contributed by atoms with Gasteiger partial charge in [-0.15, -0.1) is 11.3 Å². The molecule has 1 aliphatic rings. The SMILES string of the molecule is O=C(O)c1sc2nccc3c2c1NC(=O)N3c1cccc(-c2ccccn2)c1. The summed E-state index contributed by atoms with van der Waals surface area (Å²) in [5.74, 6) is -1.09. The van der Waals surface area contributed by atoms with E-state index >= 15 is 0 Å². The third-order valence-corrected chi connectivity index (χ3v) is 5.59. The molecule has 0 saturated heterocycles. The number of hydrogen-bond donors (Lipinski definition) is 2. The summed E-state index contributed by atoms with van der Waals surface area (Å²) >= 11 is 1.05. The Balaban J connectivity index is 1.70. The number of thiophene rings is 1. The monoisotopic (exact) mass is 388 g/mol. The molecule has 5 rings (SSSR count). The molecule has 0 atom stereocenters. The van der Waals surface area contributed by atoms with Crippen LogP contribution < -0.4 is 10.2 Å². The van der Waals surface area contributed by atoms with E-state index in [-0.39, 0.29) is 4.88 Å². The highest BCUT2D eigenvalue weighted by atomic mass is 32.1. The molecule has 2 amide bonds. The van der Waals surface area contributed by atoms with Crippen LogP contribution in [0.25, 0.3) is 21.5 Å². The zero-order chi connectivity index (χ0) is 19.3. The zero-order valence-electron chi connectivity index (χ0n) is 14.3. The van der Waals surface area contributed by atoms with Gasteiger partial charge in [0.25, 0.3) is 0 Å². The van der Waals surface area contributed by atoms with Gasteiger partial charge in [0.05, 0.1) is 28.1 Å². The van der Waals surface area contributed by atoms with Crippen LogP contribution in [-0.2, 0) is 0 Å². The van der Waals surface area contributed by atoms with Crippen molar-refractivity contribution in [2.24, 2.45) is 0 Å². The second-order valence-electron chi connectivity index (χ2n) is 6.15. The maximum atomic E-state index is 12.9. The van der Waals surface area contributed by atoms with Crippen LogP contribution in [0.3, 0.4) is 0 Å². The van der Waals surface area contributed by atoms with Gasteiger partial charge >= 0.3 is 12.0 Å². The van der Waals surface area contributed by atoms with E-state index in [1.54, 1.807) is 18.5 Å². The molecule has 0 aliphatic carbocycles. The first-order valence-corrected chi connectivity index (χ1v) is 9.22. The first-order valence-electron chi connectivity index (χ1n) is 8.41. The number of aromatic nitrogens is 2. The highest BCUT2D eigenvalue weighted by Crippen LogP contribution is 2.45. The predicted molar refractivity (Wildman–Crippen MR) is 107 cm³/mol. The quantitative estimate of drug-likeness (QED) is 0.528. The number of urea groups is 1. The molecule has 4 heterocycles. The van der Waals surface area contributed by atoms with Gasteiger partial charge in [-0.05, 0) is 30.3 Å². The standard InChI is InChI=1S/C20H12N4O3S/c25-19(26)17-16-15-14(7-9-22-18(15)28-17)24(20(27)23-16)12-5-3-4-11(10-12)13-6-1-2-8-21-13/h1-10H,(H,23,27)(H,25,26). The number of carbonyl (C=O) groups excluding carboxylic acids is 1. The average molecular weight is 388 g/mol. The molecule has 0 bridgehead atoms. The fourth-order valence-electron chi connectivity index (χ4n) is 3.33. The first kappa shape index (κ1) is 16.4. The highest BCUT2D eigenvalue weighted by molar-refractivity contribution is 7.21. The number of carboxylic acids is 1. The lowest BCUT2D eigenvalue weighted by molar-refractivity contribution is 0.0703. The Kier molecular flexibility index (Phi) is 3.59. The minimum absolute atomic E-state index is 0.0742. The van der Waals surface area contributed by atoms with Gasteiger partial charge in [-0.2, -0.15) is 0 Å². The summed E-state index contributed by atoms with van der Waals surface area (Å²) in [5.41, 5.74) is 3.23. The van der Waals surface area contributed by atoms with Gasteiger partial charge in [-0.25, -0.2) is 14.6 Å². The second-order valence-corrected chi connectivity index (χ2v) is 7.15. The zero-order valence-corrected chi connectivity index (χ0v) is 15.1. The van der Waals surface area contributed by atoms with Crippen LogP contribution in [0, 0.1) is 0 Å². The number of nitrogens with one attached hydrogen (secondary N) is 1. The van der Waals surface area contributed by atoms with Crippen LogP contribution in [0.2, 0.25) is 0 Å². The number of rotatable bonds is 3. The molecule has 2 N–H and O–H groups in total. The molecular weight excluding hydrogens is 376 g/mol. The molecule has 0 radical (unpaired) electrons. The van der Waals surface area contributed by atoms with Crippen LogP contribution in [0.1, 0.15) is 9.67 Å². The van der Waals surface area contributed by atoms with Crippen molar-refractivity contribution in [1.82, 2.24) is 9.97 Å². The normalized spacial score (nSPS) is 12.9. The number of nitrogens with zero attached hydrogens (tertiary/aromatic N) is 3. The van der Waals surface area contributed by atoms with Crippen molar-refractivity contribution in [2.45, 2.75) is 0 Å². The van der Waals surface area contributed by atoms with Crippen molar-refractivity contribution in [2.75, 3.05) is 10.2 Å². The number of anilines is 3. The number of pyridine rings is 2. The van der Waals surface area contributed by atoms with Crippen molar-refractivity contribution in [1.29, 1.82) is 0 Å². The van der Waals surface area contributed by atoms with E-state index in [2.05, 4.69) is 15.3 Å². The molecular formula is C20H12N4O3S. The molecule has 1 aromatic carbocycles. The first-order chi connectivity index (χ1) is 13.6. The van der Waals surface area contributed by atoms with Gasteiger partial charge in [0.1, 0.15) is 9.71 Å². The van der Waals surface area contributed by atoms with Gasteiger partial charge in [0.15, 0.2) is 0 Å². The maximum absolute atomic E-state index is 12.9. The predicted octanol–water partition coefficient (Wildman–Crippen LogP) is 4.74. The van der Waals surface area contributed by atoms with E-state index in [0.29, 0.717) is 27.3 Å². The van der Waals surface area contributed by atoms with Crippen molar-refractivity contribution in [3.8, 4) is 11.3 Å². The molecule has 1 aliphatic heterocycles. The molecule has 0 fully saturated rings. The third-order valence-electron chi connectivity index (χ3n) is 4.51. The van der Waals surface area contributed by atoms with E-state index < -0.39 is 12.0 Å². The Labute approximate surface area is 162 Å². The molecule has 28 heavy (non-hydrogen) atoms. The summed E-state index contributed by atoms with van der Waals surface area (Å²) in [5, 5.41) is 12.8. The van der Waals surface area contributed by atoms with Gasteiger partial charge in [0.2, 0.25) is 0 Å². The Morgan fingerprint density at radius 3 is 2.75 bits per heavy atom. The topological polar surface area (TPSA) is 95.4 Å². The van der Waals surface area contributed by atoms with Crippen LogP contribution >= 0.6 is 11.3 Å². The highest BCUT2D eigenvalue weighted by Gasteiger charge is 2.32. The Bertz CT molecular complexity index is 1250. The molecule has 136 valence electrons. The van der Waals surface area contributed by atoms with Gasteiger partial charge in [-0.3, -0.25) is 9.88 Å². The summed E-state index contributed by atoms with van der Waals surface area (Å²) in [6.07, 6.45) is 3.30. The molecule has 4 aromatic rings. The summed E-state index contributed by atoms with van der Waals surface area (Å²) in [6.45, 7) is 0. The van der Waals surface area contributed by atoms with Gasteiger partial charge < -0.3 is 10.4 Å². The van der Waals surface area contributed by atoms with E-state index in [0.717, 1.165) is 22.6 Å². The molecule has 0 saturated carbocycles. The van der Waals surface area contributed by atoms with Crippen LogP contribution in [0.5, 0.6) is 0 Å². The van der Waals surface area contributed by atoms with E-state index in [4.69, 9.17) is 0 Å². The van der Waals surface area contributed by atoms with Crippen LogP contribution in [0.15, 0.2) is 60.9 Å². The third kappa shape index (κ3) is 2.43. The van der Waals surface area contributed by atoms with Crippen LogP contribution in [-0.4, -0.2) is 27.1 Å². The smallest absolute Gasteiger partial charge is 0.348 e. The lowest BCUT2D eigenvalue weighted by Crippen LogP contribution is -2.34. The maximum Gasteiger partial charge on any atom is 0.348 e. The number of aromatic carboxylic acids is 1. The Morgan fingerprint density at radius 2 is 1.96 bits per heavy atom. The van der Waals surface area contributed by atoms with Crippen LogP contribution in [0.4, 0.5) is 21.9 Å². The van der Waals surface area contributed by atoms with Gasteiger partial charge in [0, 0.05) is 18.0 Å². The minimum Gasteiger partial charge on any atom is -0.477 e. The summed E-state index contributed by atoms with van der Waals surface area (Å²) < 4.78 is 0. The van der Waals surface area contributed by atoms with Crippen molar-refractivity contribution in [3.63, 3.8) is 0 Å². The number of carboxylic acid groups (broad SMARTS) is 1. The van der Waals surface area contributed by atoms with E-state index in [9.17, 15) is 14.7 Å². The fraction of sp³-hybridized carbons (Fsp3) is 0. The number of hydrogen-bond acceptors (Lipinski definition) is 5. The number of benzene rings is 1. The largest absolute Gasteiger partial charge is 0.477 e. The summed E-state index contributed by atoms with van der Waals surface area (Å²) in [7, 11) is 0. The molecule has 3 aromatic heterocycles. The summed E-state index contributed by atoms with van der Waals surface area (Å²) in [4.78, 5) is 35.3. The average Bonchev–Trinajstić information content (AvgIpc) is 3.09. The molecule has 0 unspecified atom stereocenters. The minimum atomic E-state index is -1.09. The van der Waals surface area contributed by atoms with Gasteiger partial charge in [-0.1, -0.05) is 18.2 Å². The van der Waals surface area contributed by atoms with Crippen molar-refractivity contribution < 1.29 is 14.7 Å². The lowest BCUT2D eigenvalue weighted by atomic mass is 10.1. The summed E-state index contributed by atoms with van der Waals surface area (Å²) in [6, 6.07) is 14.4.